The van der Waals surface area contributed by atoms with Gasteiger partial charge in [0.2, 0.25) is 5.91 Å². The van der Waals surface area contributed by atoms with Crippen LogP contribution in [-0.4, -0.2) is 47.0 Å². The van der Waals surface area contributed by atoms with Gasteiger partial charge in [-0.15, -0.1) is 0 Å². The molecule has 0 radical (unpaired) electrons. The Labute approximate surface area is 170 Å². The first-order valence-electron chi connectivity index (χ1n) is 10.4. The molecule has 2 atom stereocenters. The molecule has 2 aliphatic rings. The standard InChI is InChI=1S/C22H27N3O4/c26-21(24-17-5-1-2-6-17)20(16-9-11-23-12-10-16)25(15-18-7-3-13-28-18)22(27)19-8-4-14-29-19/h4,8-12,14,17-18,20H,1-3,5-7,13,15H2,(H,24,26)/t18-,20+/m1/s1. The van der Waals surface area contributed by atoms with Crippen LogP contribution in [0.5, 0.6) is 0 Å². The number of nitrogens with zero attached hydrogens (tertiary/aromatic N) is 2. The Kier molecular flexibility index (Phi) is 6.24. The van der Waals surface area contributed by atoms with Gasteiger partial charge in [0.25, 0.3) is 5.91 Å². The molecular weight excluding hydrogens is 370 g/mol. The van der Waals surface area contributed by atoms with Crippen LogP contribution >= 0.6 is 0 Å². The first kappa shape index (κ1) is 19.6. The van der Waals surface area contributed by atoms with Gasteiger partial charge in [-0.2, -0.15) is 0 Å². The molecule has 4 rings (SSSR count). The molecule has 1 aliphatic heterocycles. The minimum atomic E-state index is -0.764. The highest BCUT2D eigenvalue weighted by Crippen LogP contribution is 2.27. The number of nitrogens with one attached hydrogen (secondary N) is 1. The third-order valence-electron chi connectivity index (χ3n) is 5.70. The summed E-state index contributed by atoms with van der Waals surface area (Å²) < 4.78 is 11.1. The Balaban J connectivity index is 1.65. The Morgan fingerprint density at radius 1 is 1.14 bits per heavy atom. The van der Waals surface area contributed by atoms with Gasteiger partial charge in [0, 0.05) is 31.6 Å². The molecule has 1 N–H and O–H groups in total. The highest BCUT2D eigenvalue weighted by Gasteiger charge is 2.36. The van der Waals surface area contributed by atoms with Crippen molar-refractivity contribution in [1.29, 1.82) is 0 Å². The van der Waals surface area contributed by atoms with Gasteiger partial charge in [0.1, 0.15) is 6.04 Å². The molecule has 0 aromatic carbocycles. The van der Waals surface area contributed by atoms with Gasteiger partial charge in [-0.1, -0.05) is 12.8 Å². The van der Waals surface area contributed by atoms with Gasteiger partial charge < -0.3 is 19.4 Å². The van der Waals surface area contributed by atoms with Crippen molar-refractivity contribution < 1.29 is 18.7 Å². The number of furan rings is 1. The quantitative estimate of drug-likeness (QED) is 0.776. The summed E-state index contributed by atoms with van der Waals surface area (Å²) in [5.41, 5.74) is 0.730. The zero-order chi connectivity index (χ0) is 20.1. The van der Waals surface area contributed by atoms with Crippen molar-refractivity contribution in [2.45, 2.75) is 56.7 Å². The van der Waals surface area contributed by atoms with E-state index in [2.05, 4.69) is 10.3 Å². The molecular formula is C22H27N3O4. The Hall–Kier alpha value is -2.67. The van der Waals surface area contributed by atoms with Gasteiger partial charge in [-0.25, -0.2) is 0 Å². The normalized spacial score (nSPS) is 20.5. The number of carbonyl (C=O) groups is 2. The number of pyridine rings is 1. The van der Waals surface area contributed by atoms with Gasteiger partial charge in [0.05, 0.1) is 12.4 Å². The Morgan fingerprint density at radius 3 is 2.59 bits per heavy atom. The number of hydrogen-bond donors (Lipinski definition) is 1. The van der Waals surface area contributed by atoms with Crippen molar-refractivity contribution >= 4 is 11.8 Å². The number of hydrogen-bond acceptors (Lipinski definition) is 5. The van der Waals surface area contributed by atoms with Crippen LogP contribution in [-0.2, 0) is 9.53 Å². The number of amides is 2. The van der Waals surface area contributed by atoms with Crippen LogP contribution in [0.4, 0.5) is 0 Å². The summed E-state index contributed by atoms with van der Waals surface area (Å²) in [5, 5.41) is 3.16. The molecule has 7 heteroatoms. The van der Waals surface area contributed by atoms with Gasteiger partial charge in [0.15, 0.2) is 5.76 Å². The number of ether oxygens (including phenoxy) is 1. The van der Waals surface area contributed by atoms with E-state index in [0.717, 1.165) is 44.1 Å². The van der Waals surface area contributed by atoms with E-state index in [1.165, 1.54) is 6.26 Å². The highest BCUT2D eigenvalue weighted by atomic mass is 16.5. The van der Waals surface area contributed by atoms with Crippen molar-refractivity contribution in [2.75, 3.05) is 13.2 Å². The maximum atomic E-state index is 13.4. The molecule has 0 unspecified atom stereocenters. The van der Waals surface area contributed by atoms with Gasteiger partial charge >= 0.3 is 0 Å². The van der Waals surface area contributed by atoms with Gasteiger partial charge in [-0.3, -0.25) is 14.6 Å². The molecule has 2 fully saturated rings. The molecule has 1 saturated carbocycles. The topological polar surface area (TPSA) is 84.7 Å². The molecule has 2 aromatic rings. The van der Waals surface area contributed by atoms with E-state index in [1.807, 2.05) is 0 Å². The maximum Gasteiger partial charge on any atom is 0.290 e. The summed E-state index contributed by atoms with van der Waals surface area (Å²) in [4.78, 5) is 32.4. The lowest BCUT2D eigenvalue weighted by Gasteiger charge is -2.33. The zero-order valence-electron chi connectivity index (χ0n) is 16.5. The monoisotopic (exact) mass is 397 g/mol. The predicted molar refractivity (Wildman–Crippen MR) is 106 cm³/mol. The largest absolute Gasteiger partial charge is 0.459 e. The fraction of sp³-hybridized carbons (Fsp3) is 0.500. The van der Waals surface area contributed by atoms with Crippen LogP contribution in [0.1, 0.15) is 60.7 Å². The van der Waals surface area contributed by atoms with E-state index in [1.54, 1.807) is 41.6 Å². The fourth-order valence-electron chi connectivity index (χ4n) is 4.22. The average molecular weight is 397 g/mol. The summed E-state index contributed by atoms with van der Waals surface area (Å²) >= 11 is 0. The van der Waals surface area contributed by atoms with Crippen molar-refractivity contribution in [3.8, 4) is 0 Å². The van der Waals surface area contributed by atoms with E-state index in [-0.39, 0.29) is 29.7 Å². The van der Waals surface area contributed by atoms with Crippen LogP contribution in [0.25, 0.3) is 0 Å². The molecule has 0 bridgehead atoms. The highest BCUT2D eigenvalue weighted by molar-refractivity contribution is 5.96. The van der Waals surface area contributed by atoms with E-state index in [9.17, 15) is 9.59 Å². The summed E-state index contributed by atoms with van der Waals surface area (Å²) in [5.74, 6) is -0.259. The van der Waals surface area contributed by atoms with Crippen molar-refractivity contribution in [3.63, 3.8) is 0 Å². The second-order valence-corrected chi connectivity index (χ2v) is 7.74. The number of rotatable bonds is 7. The second-order valence-electron chi connectivity index (χ2n) is 7.74. The third-order valence-corrected chi connectivity index (χ3v) is 5.70. The van der Waals surface area contributed by atoms with Crippen molar-refractivity contribution in [1.82, 2.24) is 15.2 Å². The van der Waals surface area contributed by atoms with E-state index in [0.29, 0.717) is 13.2 Å². The van der Waals surface area contributed by atoms with E-state index < -0.39 is 6.04 Å². The summed E-state index contributed by atoms with van der Waals surface area (Å²) in [6.07, 6.45) is 10.7. The van der Waals surface area contributed by atoms with Crippen LogP contribution in [0.3, 0.4) is 0 Å². The second kappa shape index (κ2) is 9.22. The summed E-state index contributed by atoms with van der Waals surface area (Å²) in [6, 6.07) is 6.28. The first-order valence-corrected chi connectivity index (χ1v) is 10.4. The van der Waals surface area contributed by atoms with Crippen molar-refractivity contribution in [3.05, 3.63) is 54.2 Å². The zero-order valence-corrected chi connectivity index (χ0v) is 16.5. The number of aromatic nitrogens is 1. The molecule has 0 spiro atoms. The summed E-state index contributed by atoms with van der Waals surface area (Å²) in [6.45, 7) is 1.02. The Morgan fingerprint density at radius 2 is 1.93 bits per heavy atom. The molecule has 3 heterocycles. The summed E-state index contributed by atoms with van der Waals surface area (Å²) in [7, 11) is 0. The van der Waals surface area contributed by atoms with Crippen LogP contribution in [0, 0.1) is 0 Å². The molecule has 2 aromatic heterocycles. The lowest BCUT2D eigenvalue weighted by Crippen LogP contribution is -2.48. The average Bonchev–Trinajstić information content (AvgIpc) is 3.51. The predicted octanol–water partition coefficient (Wildman–Crippen LogP) is 3.10. The SMILES string of the molecule is O=C(NC1CCCC1)[C@H](c1ccncc1)N(C[C@H]1CCCO1)C(=O)c1ccco1. The smallest absolute Gasteiger partial charge is 0.290 e. The molecule has 2 amide bonds. The molecule has 1 aliphatic carbocycles. The molecule has 1 saturated heterocycles. The lowest BCUT2D eigenvalue weighted by molar-refractivity contribution is -0.127. The van der Waals surface area contributed by atoms with Crippen LogP contribution in [0.2, 0.25) is 0 Å². The maximum absolute atomic E-state index is 13.4. The first-order chi connectivity index (χ1) is 14.2. The minimum absolute atomic E-state index is 0.0856. The minimum Gasteiger partial charge on any atom is -0.459 e. The Bertz CT molecular complexity index is 797. The molecule has 154 valence electrons. The number of carbonyl (C=O) groups excluding carboxylic acids is 2. The van der Waals surface area contributed by atoms with Crippen molar-refractivity contribution in [2.24, 2.45) is 0 Å². The molecule has 29 heavy (non-hydrogen) atoms. The van der Waals surface area contributed by atoms with Crippen LogP contribution < -0.4 is 5.32 Å². The molecule has 7 nitrogen and oxygen atoms in total. The van der Waals surface area contributed by atoms with Crippen LogP contribution in [0.15, 0.2) is 47.3 Å². The van der Waals surface area contributed by atoms with Gasteiger partial charge in [-0.05, 0) is 55.5 Å². The fourth-order valence-corrected chi connectivity index (χ4v) is 4.22. The third kappa shape index (κ3) is 4.67. The van der Waals surface area contributed by atoms with E-state index in [4.69, 9.17) is 9.15 Å². The lowest BCUT2D eigenvalue weighted by atomic mass is 10.0. The van der Waals surface area contributed by atoms with E-state index >= 15 is 0 Å².